The number of aromatic nitrogens is 1. The Labute approximate surface area is 210 Å². The number of nitrogens with one attached hydrogen (secondary N) is 2. The molecule has 11 heteroatoms. The van der Waals surface area contributed by atoms with Gasteiger partial charge in [-0.05, 0) is 60.7 Å². The van der Waals surface area contributed by atoms with E-state index in [2.05, 4.69) is 15.7 Å². The fourth-order valence-corrected chi connectivity index (χ4v) is 4.02. The van der Waals surface area contributed by atoms with Gasteiger partial charge in [-0.25, -0.2) is 5.01 Å². The number of rotatable bonds is 6. The van der Waals surface area contributed by atoms with Gasteiger partial charge in [0.15, 0.2) is 0 Å². The molecule has 2 heterocycles. The molecule has 1 aromatic heterocycles. The normalized spacial score (nSPS) is 15.4. The maximum Gasteiger partial charge on any atom is 0.269 e. The molecule has 1 fully saturated rings. The van der Waals surface area contributed by atoms with E-state index < -0.39 is 23.8 Å². The van der Waals surface area contributed by atoms with Gasteiger partial charge < -0.3 is 5.32 Å². The van der Waals surface area contributed by atoms with Gasteiger partial charge in [-0.15, -0.1) is 0 Å². The third-order valence-corrected chi connectivity index (χ3v) is 5.95. The molecule has 0 aliphatic carbocycles. The quantitative estimate of drug-likeness (QED) is 0.482. The van der Waals surface area contributed by atoms with E-state index in [0.29, 0.717) is 27.0 Å². The summed E-state index contributed by atoms with van der Waals surface area (Å²) in [5.41, 5.74) is 3.82. The van der Waals surface area contributed by atoms with Crippen molar-refractivity contribution in [1.29, 1.82) is 0 Å². The van der Waals surface area contributed by atoms with E-state index in [0.717, 1.165) is 0 Å². The molecule has 34 heavy (non-hydrogen) atoms. The monoisotopic (exact) mass is 513 g/mol. The number of pyridine rings is 1. The number of carbonyl (C=O) groups excluding carboxylic acids is 3. The van der Waals surface area contributed by atoms with Crippen LogP contribution in [0.1, 0.15) is 16.8 Å². The zero-order valence-electron chi connectivity index (χ0n) is 17.4. The van der Waals surface area contributed by atoms with E-state index in [1.807, 2.05) is 0 Å². The molecule has 2 N–H and O–H groups in total. The van der Waals surface area contributed by atoms with Crippen LogP contribution in [-0.4, -0.2) is 38.9 Å². The summed E-state index contributed by atoms with van der Waals surface area (Å²) < 4.78 is 0. The summed E-state index contributed by atoms with van der Waals surface area (Å²) in [5.74, 6) is -1.46. The van der Waals surface area contributed by atoms with Crippen LogP contribution in [0.4, 0.5) is 11.4 Å². The first-order valence-electron chi connectivity index (χ1n) is 10.0. The number of nitrogens with zero attached hydrogens (tertiary/aromatic N) is 3. The molecule has 3 amide bonds. The highest BCUT2D eigenvalue weighted by atomic mass is 35.5. The first-order valence-corrected chi connectivity index (χ1v) is 11.2. The van der Waals surface area contributed by atoms with Gasteiger partial charge in [0.2, 0.25) is 11.0 Å². The molecule has 8 nitrogen and oxygen atoms in total. The number of hydrazine groups is 1. The Kier molecular flexibility index (Phi) is 7.06. The number of anilines is 2. The first-order chi connectivity index (χ1) is 16.3. The Bertz CT molecular complexity index is 1260. The lowest BCUT2D eigenvalue weighted by Crippen LogP contribution is -2.49. The maximum absolute atomic E-state index is 13.4. The van der Waals surface area contributed by atoms with E-state index in [9.17, 15) is 14.4 Å². The molecule has 4 rings (SSSR count). The molecule has 0 bridgehead atoms. The zero-order valence-corrected chi connectivity index (χ0v) is 19.8. The molecule has 1 saturated heterocycles. The molecule has 1 aliphatic rings. The van der Waals surface area contributed by atoms with Crippen molar-refractivity contribution in [3.63, 3.8) is 0 Å². The third-order valence-electron chi connectivity index (χ3n) is 4.99. The number of thiocarbonyl (C=S) groups is 1. The summed E-state index contributed by atoms with van der Waals surface area (Å²) in [4.78, 5) is 44.1. The van der Waals surface area contributed by atoms with Gasteiger partial charge in [-0.3, -0.25) is 29.7 Å². The van der Waals surface area contributed by atoms with Crippen molar-refractivity contribution < 1.29 is 14.4 Å². The Hall–Kier alpha value is -3.53. The highest BCUT2D eigenvalue weighted by molar-refractivity contribution is 7.80. The Balaban J connectivity index is 1.61. The summed E-state index contributed by atoms with van der Waals surface area (Å²) in [6, 6.07) is 15.2. The Morgan fingerprint density at radius 2 is 1.68 bits per heavy atom. The number of para-hydroxylation sites is 1. The fourth-order valence-electron chi connectivity index (χ4n) is 3.34. The lowest BCUT2D eigenvalue weighted by Gasteiger charge is -2.24. The minimum absolute atomic E-state index is 0.0188. The van der Waals surface area contributed by atoms with Crippen molar-refractivity contribution in [2.24, 2.45) is 0 Å². The Morgan fingerprint density at radius 3 is 2.35 bits per heavy atom. The molecule has 1 aliphatic heterocycles. The highest BCUT2D eigenvalue weighted by Gasteiger charge is 2.45. The average Bonchev–Trinajstić information content (AvgIpc) is 3.05. The number of amides is 3. The van der Waals surface area contributed by atoms with Crippen molar-refractivity contribution in [1.82, 2.24) is 15.4 Å². The zero-order chi connectivity index (χ0) is 24.2. The lowest BCUT2D eigenvalue weighted by molar-refractivity contribution is -0.124. The number of halogens is 2. The van der Waals surface area contributed by atoms with Crippen LogP contribution >= 0.6 is 35.4 Å². The molecule has 3 aromatic rings. The lowest BCUT2D eigenvalue weighted by atomic mass is 10.1. The number of hydrogen-bond acceptors (Lipinski definition) is 5. The van der Waals surface area contributed by atoms with Crippen LogP contribution < -0.4 is 15.6 Å². The van der Waals surface area contributed by atoms with E-state index in [-0.39, 0.29) is 11.5 Å². The van der Waals surface area contributed by atoms with Crippen LogP contribution in [0, 0.1) is 0 Å². The summed E-state index contributed by atoms with van der Waals surface area (Å²) in [6.07, 6.45) is 2.65. The first kappa shape index (κ1) is 23.6. The van der Waals surface area contributed by atoms with Crippen LogP contribution in [0.5, 0.6) is 0 Å². The van der Waals surface area contributed by atoms with Gasteiger partial charge >= 0.3 is 0 Å². The topological polar surface area (TPSA) is 94.6 Å². The molecule has 0 spiro atoms. The van der Waals surface area contributed by atoms with Crippen LogP contribution in [-0.2, 0) is 9.59 Å². The van der Waals surface area contributed by atoms with E-state index in [1.165, 1.54) is 34.4 Å². The number of carbonyl (C=O) groups is 3. The molecule has 0 radical (unpaired) electrons. The smallest absolute Gasteiger partial charge is 0.269 e. The second kappa shape index (κ2) is 10.2. The standard InChI is InChI=1S/C23H17Cl2N5O3S/c24-15-5-7-16(8-6-15)29-22(33)19(13-20(31)27-18-4-2-1-3-17(18)25)30(23(29)34)28-21(32)14-9-11-26-12-10-14/h1-12,19H,13H2,(H,27,31)(H,28,32). The predicted octanol–water partition coefficient (Wildman–Crippen LogP) is 4.06. The van der Waals surface area contributed by atoms with E-state index in [4.69, 9.17) is 35.4 Å². The van der Waals surface area contributed by atoms with Crippen LogP contribution in [0.15, 0.2) is 73.1 Å². The average molecular weight is 514 g/mol. The van der Waals surface area contributed by atoms with Gasteiger partial charge in [0.1, 0.15) is 6.04 Å². The predicted molar refractivity (Wildman–Crippen MR) is 134 cm³/mol. The largest absolute Gasteiger partial charge is 0.325 e. The number of hydrogen-bond donors (Lipinski definition) is 2. The van der Waals surface area contributed by atoms with E-state index in [1.54, 1.807) is 48.5 Å². The van der Waals surface area contributed by atoms with Crippen molar-refractivity contribution in [2.75, 3.05) is 10.2 Å². The van der Waals surface area contributed by atoms with Crippen molar-refractivity contribution >= 4 is 69.6 Å². The summed E-state index contributed by atoms with van der Waals surface area (Å²) in [6.45, 7) is 0. The number of benzene rings is 2. The van der Waals surface area contributed by atoms with Crippen molar-refractivity contribution in [3.8, 4) is 0 Å². The molecular weight excluding hydrogens is 497 g/mol. The van der Waals surface area contributed by atoms with Gasteiger partial charge in [-0.2, -0.15) is 0 Å². The molecule has 1 unspecified atom stereocenters. The minimum Gasteiger partial charge on any atom is -0.325 e. The Morgan fingerprint density at radius 1 is 1.00 bits per heavy atom. The second-order valence-corrected chi connectivity index (χ2v) is 8.44. The van der Waals surface area contributed by atoms with Crippen LogP contribution in [0.25, 0.3) is 0 Å². The van der Waals surface area contributed by atoms with Gasteiger partial charge in [0.25, 0.3) is 11.8 Å². The molecule has 172 valence electrons. The third kappa shape index (κ3) is 5.01. The van der Waals surface area contributed by atoms with Gasteiger partial charge in [-0.1, -0.05) is 35.3 Å². The van der Waals surface area contributed by atoms with Crippen molar-refractivity contribution in [3.05, 3.63) is 88.7 Å². The molecule has 0 saturated carbocycles. The van der Waals surface area contributed by atoms with E-state index >= 15 is 0 Å². The van der Waals surface area contributed by atoms with Crippen LogP contribution in [0.2, 0.25) is 10.0 Å². The molecule has 2 aromatic carbocycles. The highest BCUT2D eigenvalue weighted by Crippen LogP contribution is 2.28. The maximum atomic E-state index is 13.4. The van der Waals surface area contributed by atoms with Gasteiger partial charge in [0, 0.05) is 23.0 Å². The minimum atomic E-state index is -1.09. The molecule has 1 atom stereocenters. The summed E-state index contributed by atoms with van der Waals surface area (Å²) in [7, 11) is 0. The van der Waals surface area contributed by atoms with Crippen molar-refractivity contribution in [2.45, 2.75) is 12.5 Å². The van der Waals surface area contributed by atoms with Gasteiger partial charge in [0.05, 0.1) is 22.8 Å². The molecular formula is C23H17Cl2N5O3S. The summed E-state index contributed by atoms with van der Waals surface area (Å²) >= 11 is 17.6. The second-order valence-electron chi connectivity index (χ2n) is 7.23. The SMILES string of the molecule is O=C(CC1C(=O)N(c2ccc(Cl)cc2)C(=S)N1NC(=O)c1ccncc1)Nc1ccccc1Cl. The van der Waals surface area contributed by atoms with Crippen LogP contribution in [0.3, 0.4) is 0 Å². The fraction of sp³-hybridized carbons (Fsp3) is 0.0870. The summed E-state index contributed by atoms with van der Waals surface area (Å²) in [5, 5.41) is 4.77.